The number of aromatic hydroxyl groups is 1. The van der Waals surface area contributed by atoms with Crippen LogP contribution in [-0.4, -0.2) is 62.2 Å². The summed E-state index contributed by atoms with van der Waals surface area (Å²) in [5.74, 6) is 0.651. The molecule has 0 bridgehead atoms. The van der Waals surface area contributed by atoms with Crippen LogP contribution in [0.15, 0.2) is 34.8 Å². The molecule has 8 heteroatoms. The molecule has 0 aliphatic rings. The van der Waals surface area contributed by atoms with Crippen molar-refractivity contribution in [2.24, 2.45) is 0 Å². The van der Waals surface area contributed by atoms with E-state index in [2.05, 4.69) is 15.9 Å². The van der Waals surface area contributed by atoms with Crippen molar-refractivity contribution in [3.05, 3.63) is 51.5 Å². The summed E-state index contributed by atoms with van der Waals surface area (Å²) in [5.41, 5.74) is 1.42. The number of benzene rings is 2. The monoisotopic (exact) mass is 521 g/mol. The zero-order valence-electron chi connectivity index (χ0n) is 19.7. The zero-order valence-corrected chi connectivity index (χ0v) is 21.2. The lowest BCUT2D eigenvalue weighted by atomic mass is 10.0. The number of Topliss-reactive ketones (excluding diaryl/α,β-unsaturated/α-hetero) is 1. The molecule has 1 N–H and O–H groups in total. The molecule has 0 aliphatic carbocycles. The van der Waals surface area contributed by atoms with E-state index >= 15 is 0 Å². The Bertz CT molecular complexity index is 960. The van der Waals surface area contributed by atoms with Crippen molar-refractivity contribution >= 4 is 27.7 Å². The number of hydrogen-bond donors (Lipinski definition) is 1. The van der Waals surface area contributed by atoms with Crippen LogP contribution in [0, 0.1) is 0 Å². The first-order valence-corrected chi connectivity index (χ1v) is 11.8. The van der Waals surface area contributed by atoms with Crippen LogP contribution in [0.3, 0.4) is 0 Å². The summed E-state index contributed by atoms with van der Waals surface area (Å²) in [4.78, 5) is 25.7. The lowest BCUT2D eigenvalue weighted by molar-refractivity contribution is 0.0481. The van der Waals surface area contributed by atoms with Crippen LogP contribution >= 0.6 is 15.9 Å². The summed E-state index contributed by atoms with van der Waals surface area (Å²) < 4.78 is 17.6. The molecule has 0 saturated heterocycles. The highest BCUT2D eigenvalue weighted by atomic mass is 79.9. The van der Waals surface area contributed by atoms with Gasteiger partial charge in [-0.2, -0.15) is 0 Å². The molecular formula is C25H32BrNO6. The number of nitrogens with zero attached hydrogens (tertiary/aromatic N) is 1. The highest BCUT2D eigenvalue weighted by Crippen LogP contribution is 2.33. The van der Waals surface area contributed by atoms with Gasteiger partial charge in [-0.25, -0.2) is 4.79 Å². The number of rotatable bonds is 13. The third kappa shape index (κ3) is 8.05. The fourth-order valence-corrected chi connectivity index (χ4v) is 3.59. The van der Waals surface area contributed by atoms with Gasteiger partial charge >= 0.3 is 5.97 Å². The first-order chi connectivity index (χ1) is 15.7. The Hall–Kier alpha value is -2.58. The second-order valence-electron chi connectivity index (χ2n) is 7.88. The fourth-order valence-electron chi connectivity index (χ4n) is 3.10. The molecule has 33 heavy (non-hydrogen) atoms. The van der Waals surface area contributed by atoms with Crippen LogP contribution in [0.25, 0.3) is 0 Å². The highest BCUT2D eigenvalue weighted by Gasteiger charge is 2.16. The normalized spacial score (nSPS) is 10.8. The predicted octanol–water partition coefficient (Wildman–Crippen LogP) is 4.88. The molecule has 0 spiro atoms. The van der Waals surface area contributed by atoms with Crippen molar-refractivity contribution in [3.63, 3.8) is 0 Å². The minimum Gasteiger partial charge on any atom is -0.507 e. The molecule has 0 radical (unpaired) electrons. The summed E-state index contributed by atoms with van der Waals surface area (Å²) in [6.45, 7) is 5.23. The van der Waals surface area contributed by atoms with E-state index in [4.69, 9.17) is 14.2 Å². The number of hydrogen-bond acceptors (Lipinski definition) is 7. The fraction of sp³-hybridized carbons (Fsp3) is 0.440. The molecule has 0 fully saturated rings. The van der Waals surface area contributed by atoms with Gasteiger partial charge in [0.25, 0.3) is 0 Å². The van der Waals surface area contributed by atoms with Crippen molar-refractivity contribution < 1.29 is 28.9 Å². The molecule has 2 rings (SSSR count). The van der Waals surface area contributed by atoms with Gasteiger partial charge in [-0.1, -0.05) is 13.3 Å². The van der Waals surface area contributed by atoms with E-state index in [-0.39, 0.29) is 17.5 Å². The van der Waals surface area contributed by atoms with Crippen LogP contribution in [0.4, 0.5) is 0 Å². The largest absolute Gasteiger partial charge is 0.507 e. The average molecular weight is 522 g/mol. The highest BCUT2D eigenvalue weighted by molar-refractivity contribution is 9.10. The zero-order chi connectivity index (χ0) is 24.4. The van der Waals surface area contributed by atoms with Gasteiger partial charge in [-0.05, 0) is 73.7 Å². The molecule has 180 valence electrons. The Morgan fingerprint density at radius 3 is 2.30 bits per heavy atom. The number of ether oxygens (including phenoxy) is 3. The number of likely N-dealkylation sites (N-methyl/N-ethyl adjacent to an activating group) is 1. The number of esters is 1. The van der Waals surface area contributed by atoms with E-state index in [0.717, 1.165) is 6.42 Å². The SMILES string of the molecule is CCCc1c(OCCCOc2ccc(C(=O)OCCN(C)C)cc2Br)ccc(C(C)=O)c1O. The van der Waals surface area contributed by atoms with Crippen molar-refractivity contribution in [1.29, 1.82) is 0 Å². The van der Waals surface area contributed by atoms with Gasteiger partial charge in [0.2, 0.25) is 0 Å². The van der Waals surface area contributed by atoms with Gasteiger partial charge < -0.3 is 24.2 Å². The molecular weight excluding hydrogens is 490 g/mol. The summed E-state index contributed by atoms with van der Waals surface area (Å²) in [7, 11) is 3.83. The van der Waals surface area contributed by atoms with E-state index in [9.17, 15) is 14.7 Å². The molecule has 0 atom stereocenters. The quantitative estimate of drug-likeness (QED) is 0.228. The maximum absolute atomic E-state index is 12.1. The minimum absolute atomic E-state index is 0.00219. The Morgan fingerprint density at radius 2 is 1.70 bits per heavy atom. The van der Waals surface area contributed by atoms with E-state index in [1.807, 2.05) is 25.9 Å². The molecule has 0 saturated carbocycles. The first-order valence-electron chi connectivity index (χ1n) is 11.0. The average Bonchev–Trinajstić information content (AvgIpc) is 2.76. The smallest absolute Gasteiger partial charge is 0.338 e. The number of ketones is 1. The summed E-state index contributed by atoms with van der Waals surface area (Å²) in [6, 6.07) is 8.40. The van der Waals surface area contributed by atoms with Crippen molar-refractivity contribution in [2.75, 3.05) is 40.5 Å². The Labute approximate surface area is 203 Å². The Balaban J connectivity index is 1.86. The molecule has 0 aliphatic heterocycles. The van der Waals surface area contributed by atoms with Crippen molar-refractivity contribution in [1.82, 2.24) is 4.90 Å². The van der Waals surface area contributed by atoms with Crippen molar-refractivity contribution in [3.8, 4) is 17.2 Å². The topological polar surface area (TPSA) is 85.3 Å². The Morgan fingerprint density at radius 1 is 1.03 bits per heavy atom. The van der Waals surface area contributed by atoms with Crippen molar-refractivity contribution in [2.45, 2.75) is 33.1 Å². The second-order valence-corrected chi connectivity index (χ2v) is 8.73. The third-order valence-electron chi connectivity index (χ3n) is 4.86. The van der Waals surface area contributed by atoms with Crippen LogP contribution in [0.2, 0.25) is 0 Å². The molecule has 0 aromatic heterocycles. The van der Waals surface area contributed by atoms with Gasteiger partial charge in [0, 0.05) is 18.5 Å². The number of phenolic OH excluding ortho intramolecular Hbond substituents is 1. The van der Waals surface area contributed by atoms with E-state index in [1.54, 1.807) is 30.3 Å². The maximum Gasteiger partial charge on any atom is 0.338 e. The molecule has 2 aromatic carbocycles. The lowest BCUT2D eigenvalue weighted by Gasteiger charge is -2.15. The van der Waals surface area contributed by atoms with Crippen LogP contribution in [0.5, 0.6) is 17.2 Å². The van der Waals surface area contributed by atoms with E-state index in [1.165, 1.54) is 6.92 Å². The third-order valence-corrected chi connectivity index (χ3v) is 5.48. The van der Waals surface area contributed by atoms with Crippen LogP contribution < -0.4 is 9.47 Å². The predicted molar refractivity (Wildman–Crippen MR) is 131 cm³/mol. The van der Waals surface area contributed by atoms with E-state index in [0.29, 0.717) is 71.9 Å². The summed E-state index contributed by atoms with van der Waals surface area (Å²) in [5, 5.41) is 10.4. The number of halogens is 1. The second kappa shape index (κ2) is 13.2. The first kappa shape index (κ1) is 26.7. The molecule has 7 nitrogen and oxygen atoms in total. The minimum atomic E-state index is -0.376. The van der Waals surface area contributed by atoms with Gasteiger partial charge in [0.05, 0.1) is 28.8 Å². The van der Waals surface area contributed by atoms with Gasteiger partial charge in [0.1, 0.15) is 23.9 Å². The number of phenols is 1. The van der Waals surface area contributed by atoms with Crippen LogP contribution in [-0.2, 0) is 11.2 Å². The molecule has 0 unspecified atom stereocenters. The molecule has 0 heterocycles. The molecule has 0 amide bonds. The van der Waals surface area contributed by atoms with Gasteiger partial charge in [-0.3, -0.25) is 4.79 Å². The summed E-state index contributed by atoms with van der Waals surface area (Å²) >= 11 is 3.44. The van der Waals surface area contributed by atoms with Gasteiger partial charge in [0.15, 0.2) is 5.78 Å². The standard InChI is InChI=1S/C25H32BrNO6/c1-5-7-20-22(11-9-19(17(2)28)24(20)29)31-13-6-14-32-23-10-8-18(16-21(23)26)25(30)33-15-12-27(3)4/h8-11,16,29H,5-7,12-15H2,1-4H3. The van der Waals surface area contributed by atoms with Crippen LogP contribution in [0.1, 0.15) is 53.0 Å². The summed E-state index contributed by atoms with van der Waals surface area (Å²) in [6.07, 6.45) is 2.05. The number of carbonyl (C=O) groups is 2. The Kier molecular flexibility index (Phi) is 10.7. The lowest BCUT2D eigenvalue weighted by Crippen LogP contribution is -2.20. The number of carbonyl (C=O) groups excluding carboxylic acids is 2. The van der Waals surface area contributed by atoms with Gasteiger partial charge in [-0.15, -0.1) is 0 Å². The molecule has 2 aromatic rings. The maximum atomic E-state index is 12.1. The van der Waals surface area contributed by atoms with E-state index < -0.39 is 0 Å².